The zero-order valence-electron chi connectivity index (χ0n) is 9.54. The first-order valence-electron chi connectivity index (χ1n) is 5.32. The van der Waals surface area contributed by atoms with Crippen molar-refractivity contribution in [1.29, 1.82) is 0 Å². The number of hydrogen-bond donors (Lipinski definition) is 1. The molecule has 0 aliphatic rings. The lowest BCUT2D eigenvalue weighted by Gasteiger charge is -2.22. The molecule has 0 fully saturated rings. The molecule has 1 aromatic rings. The molecule has 0 heterocycles. The highest BCUT2D eigenvalue weighted by Crippen LogP contribution is 2.21. The van der Waals surface area contributed by atoms with Crippen LogP contribution in [0.1, 0.15) is 31.4 Å². The third-order valence-corrected chi connectivity index (χ3v) is 2.55. The molecule has 2 unspecified atom stereocenters. The van der Waals surface area contributed by atoms with Gasteiger partial charge in [-0.3, -0.25) is 0 Å². The van der Waals surface area contributed by atoms with E-state index in [1.807, 2.05) is 6.92 Å². The Kier molecular flexibility index (Phi) is 4.83. The van der Waals surface area contributed by atoms with Crippen LogP contribution in [0.3, 0.4) is 0 Å². The van der Waals surface area contributed by atoms with Crippen molar-refractivity contribution in [2.75, 3.05) is 7.11 Å². The van der Waals surface area contributed by atoms with Crippen LogP contribution in [-0.4, -0.2) is 13.2 Å². The molecule has 0 radical (unpaired) electrons. The predicted molar refractivity (Wildman–Crippen MR) is 59.0 cm³/mol. The molecule has 0 saturated carbocycles. The van der Waals surface area contributed by atoms with Gasteiger partial charge in [-0.05, 0) is 24.1 Å². The van der Waals surface area contributed by atoms with E-state index in [9.17, 15) is 8.78 Å². The van der Waals surface area contributed by atoms with E-state index in [2.05, 4.69) is 0 Å². The summed E-state index contributed by atoms with van der Waals surface area (Å²) in [5, 5.41) is 0. The largest absolute Gasteiger partial charge is 0.379 e. The Bertz CT molecular complexity index is 324. The Morgan fingerprint density at radius 2 is 1.81 bits per heavy atom. The van der Waals surface area contributed by atoms with Gasteiger partial charge in [0.2, 0.25) is 0 Å². The fourth-order valence-electron chi connectivity index (χ4n) is 1.71. The summed E-state index contributed by atoms with van der Waals surface area (Å²) in [6.45, 7) is 2.00. The molecule has 0 saturated heterocycles. The lowest BCUT2D eigenvalue weighted by atomic mass is 9.99. The van der Waals surface area contributed by atoms with Crippen LogP contribution < -0.4 is 5.73 Å². The van der Waals surface area contributed by atoms with Crippen LogP contribution in [0.4, 0.5) is 8.78 Å². The summed E-state index contributed by atoms with van der Waals surface area (Å²) in [6, 6.07) is 2.82. The van der Waals surface area contributed by atoms with E-state index < -0.39 is 17.7 Å². The Hall–Kier alpha value is -1.00. The summed E-state index contributed by atoms with van der Waals surface area (Å²) in [6.07, 6.45) is 1.45. The third kappa shape index (κ3) is 3.25. The molecule has 0 aromatic heterocycles. The molecule has 2 nitrogen and oxygen atoms in total. The minimum Gasteiger partial charge on any atom is -0.379 e. The zero-order chi connectivity index (χ0) is 12.1. The summed E-state index contributed by atoms with van der Waals surface area (Å²) in [5.41, 5.74) is 6.34. The highest BCUT2D eigenvalue weighted by molar-refractivity contribution is 5.22. The lowest BCUT2D eigenvalue weighted by Crippen LogP contribution is -2.28. The molecular weight excluding hydrogens is 212 g/mol. The van der Waals surface area contributed by atoms with Crippen LogP contribution in [0.15, 0.2) is 18.2 Å². The van der Waals surface area contributed by atoms with Crippen LogP contribution in [0.2, 0.25) is 0 Å². The minimum atomic E-state index is -0.614. The molecule has 2 N–H and O–H groups in total. The van der Waals surface area contributed by atoms with E-state index in [1.54, 1.807) is 7.11 Å². The minimum absolute atomic E-state index is 0.216. The number of nitrogens with two attached hydrogens (primary N) is 1. The molecule has 90 valence electrons. The van der Waals surface area contributed by atoms with Crippen molar-refractivity contribution in [1.82, 2.24) is 0 Å². The Balaban J connectivity index is 2.89. The van der Waals surface area contributed by atoms with Gasteiger partial charge < -0.3 is 10.5 Å². The summed E-state index contributed by atoms with van der Waals surface area (Å²) < 4.78 is 31.2. The summed E-state index contributed by atoms with van der Waals surface area (Å²) in [4.78, 5) is 0. The molecule has 1 aromatic carbocycles. The SMILES string of the molecule is CCCC(OC)C(N)c1cc(F)cc(F)c1. The van der Waals surface area contributed by atoms with E-state index in [4.69, 9.17) is 10.5 Å². The first-order valence-corrected chi connectivity index (χ1v) is 5.32. The average molecular weight is 229 g/mol. The van der Waals surface area contributed by atoms with Crippen molar-refractivity contribution in [3.63, 3.8) is 0 Å². The third-order valence-electron chi connectivity index (χ3n) is 2.55. The molecule has 0 amide bonds. The molecule has 4 heteroatoms. The van der Waals surface area contributed by atoms with Gasteiger partial charge in [0.15, 0.2) is 0 Å². The summed E-state index contributed by atoms with van der Waals surface area (Å²) in [7, 11) is 1.55. The van der Waals surface area contributed by atoms with Crippen LogP contribution in [-0.2, 0) is 4.74 Å². The van der Waals surface area contributed by atoms with Gasteiger partial charge in [-0.1, -0.05) is 13.3 Å². The first kappa shape index (κ1) is 13.1. The van der Waals surface area contributed by atoms with Gasteiger partial charge in [0.05, 0.1) is 12.1 Å². The first-order chi connectivity index (χ1) is 7.58. The van der Waals surface area contributed by atoms with Gasteiger partial charge in [-0.2, -0.15) is 0 Å². The van der Waals surface area contributed by atoms with Crippen LogP contribution >= 0.6 is 0 Å². The maximum atomic E-state index is 13.0. The Morgan fingerprint density at radius 3 is 2.25 bits per heavy atom. The normalized spacial score (nSPS) is 14.8. The lowest BCUT2D eigenvalue weighted by molar-refractivity contribution is 0.0723. The second kappa shape index (κ2) is 5.92. The highest BCUT2D eigenvalue weighted by Gasteiger charge is 2.19. The number of ether oxygens (including phenoxy) is 1. The highest BCUT2D eigenvalue weighted by atomic mass is 19.1. The number of halogens is 2. The van der Waals surface area contributed by atoms with Gasteiger partial charge in [-0.15, -0.1) is 0 Å². The van der Waals surface area contributed by atoms with E-state index in [-0.39, 0.29) is 6.10 Å². The van der Waals surface area contributed by atoms with E-state index in [0.29, 0.717) is 5.56 Å². The van der Waals surface area contributed by atoms with Crippen molar-refractivity contribution >= 4 is 0 Å². The van der Waals surface area contributed by atoms with Crippen molar-refractivity contribution in [2.45, 2.75) is 31.9 Å². The standard InChI is InChI=1S/C12H17F2NO/c1-3-4-11(16-2)12(15)8-5-9(13)7-10(14)6-8/h5-7,11-12H,3-4,15H2,1-2H3. The second-order valence-electron chi connectivity index (χ2n) is 3.79. The number of benzene rings is 1. The van der Waals surface area contributed by atoms with Crippen molar-refractivity contribution in [3.8, 4) is 0 Å². The van der Waals surface area contributed by atoms with Gasteiger partial charge in [0.25, 0.3) is 0 Å². The van der Waals surface area contributed by atoms with E-state index in [0.717, 1.165) is 18.9 Å². The monoisotopic (exact) mass is 229 g/mol. The predicted octanol–water partition coefficient (Wildman–Crippen LogP) is 2.78. The molecule has 0 aliphatic heterocycles. The molecule has 1 rings (SSSR count). The molecule has 2 atom stereocenters. The molecule has 16 heavy (non-hydrogen) atoms. The quantitative estimate of drug-likeness (QED) is 0.842. The summed E-state index contributed by atoms with van der Waals surface area (Å²) in [5.74, 6) is -1.23. The summed E-state index contributed by atoms with van der Waals surface area (Å²) >= 11 is 0. The van der Waals surface area contributed by atoms with Gasteiger partial charge in [-0.25, -0.2) is 8.78 Å². The smallest absolute Gasteiger partial charge is 0.126 e. The van der Waals surface area contributed by atoms with Crippen molar-refractivity contribution in [3.05, 3.63) is 35.4 Å². The van der Waals surface area contributed by atoms with Crippen LogP contribution in [0.5, 0.6) is 0 Å². The number of rotatable bonds is 5. The fraction of sp³-hybridized carbons (Fsp3) is 0.500. The maximum absolute atomic E-state index is 13.0. The number of methoxy groups -OCH3 is 1. The number of hydrogen-bond acceptors (Lipinski definition) is 2. The van der Waals surface area contributed by atoms with Crippen LogP contribution in [0, 0.1) is 11.6 Å². The van der Waals surface area contributed by atoms with Crippen LogP contribution in [0.25, 0.3) is 0 Å². The van der Waals surface area contributed by atoms with E-state index >= 15 is 0 Å². The van der Waals surface area contributed by atoms with Gasteiger partial charge >= 0.3 is 0 Å². The Morgan fingerprint density at radius 1 is 1.25 bits per heavy atom. The Labute approximate surface area is 94.4 Å². The molecule has 0 bridgehead atoms. The molecule has 0 aliphatic carbocycles. The topological polar surface area (TPSA) is 35.2 Å². The van der Waals surface area contributed by atoms with Crippen molar-refractivity contribution in [2.24, 2.45) is 5.73 Å². The second-order valence-corrected chi connectivity index (χ2v) is 3.79. The van der Waals surface area contributed by atoms with E-state index in [1.165, 1.54) is 12.1 Å². The average Bonchev–Trinajstić information content (AvgIpc) is 2.23. The molecular formula is C12H17F2NO. The molecule has 0 spiro atoms. The fourth-order valence-corrected chi connectivity index (χ4v) is 1.71. The van der Waals surface area contributed by atoms with Gasteiger partial charge in [0, 0.05) is 13.2 Å². The maximum Gasteiger partial charge on any atom is 0.126 e. The van der Waals surface area contributed by atoms with Crippen molar-refractivity contribution < 1.29 is 13.5 Å². The zero-order valence-corrected chi connectivity index (χ0v) is 9.54. The van der Waals surface area contributed by atoms with Gasteiger partial charge in [0.1, 0.15) is 11.6 Å².